The fourth-order valence-electron chi connectivity index (χ4n) is 2.25. The zero-order valence-electron chi connectivity index (χ0n) is 12.2. The van der Waals surface area contributed by atoms with Crippen LogP contribution >= 0.6 is 22.7 Å². The molecule has 0 saturated carbocycles. The molecule has 3 aromatic rings. The van der Waals surface area contributed by atoms with Gasteiger partial charge in [0.1, 0.15) is 10.6 Å². The van der Waals surface area contributed by atoms with Crippen molar-refractivity contribution in [3.8, 4) is 0 Å². The van der Waals surface area contributed by atoms with E-state index < -0.39 is 0 Å². The molecule has 4 nitrogen and oxygen atoms in total. The summed E-state index contributed by atoms with van der Waals surface area (Å²) in [6, 6.07) is 6.38. The number of thiophene rings is 2. The van der Waals surface area contributed by atoms with Gasteiger partial charge >= 0.3 is 0 Å². The molecule has 0 saturated heterocycles. The average Bonchev–Trinajstić information content (AvgIpc) is 3.15. The molecule has 1 N–H and O–H groups in total. The van der Waals surface area contributed by atoms with Gasteiger partial charge in [-0.3, -0.25) is 0 Å². The van der Waals surface area contributed by atoms with Crippen LogP contribution in [0.25, 0.3) is 10.2 Å². The number of aromatic nitrogens is 2. The van der Waals surface area contributed by atoms with E-state index in [-0.39, 0.29) is 0 Å². The molecular weight excluding hydrogens is 300 g/mol. The second kappa shape index (κ2) is 6.41. The summed E-state index contributed by atoms with van der Waals surface area (Å²) in [6.07, 6.45) is 0. The SMILES string of the molecule is CCNc1nc(N(CC)Cc2cccs2)c2ccsc2n1. The van der Waals surface area contributed by atoms with Crippen LogP contribution in [0.15, 0.2) is 29.0 Å². The van der Waals surface area contributed by atoms with Gasteiger partial charge in [-0.05, 0) is 36.7 Å². The zero-order valence-corrected chi connectivity index (χ0v) is 13.8. The lowest BCUT2D eigenvalue weighted by molar-refractivity contribution is 0.826. The van der Waals surface area contributed by atoms with Crippen molar-refractivity contribution < 1.29 is 0 Å². The number of fused-ring (bicyclic) bond motifs is 1. The minimum absolute atomic E-state index is 0.715. The molecule has 0 spiro atoms. The summed E-state index contributed by atoms with van der Waals surface area (Å²) in [5.41, 5.74) is 0. The average molecular weight is 318 g/mol. The van der Waals surface area contributed by atoms with Gasteiger partial charge in [-0.2, -0.15) is 4.98 Å². The summed E-state index contributed by atoms with van der Waals surface area (Å²) >= 11 is 3.45. The van der Waals surface area contributed by atoms with Crippen molar-refractivity contribution in [2.75, 3.05) is 23.3 Å². The van der Waals surface area contributed by atoms with Gasteiger partial charge in [0, 0.05) is 18.0 Å². The molecule has 0 radical (unpaired) electrons. The highest BCUT2D eigenvalue weighted by Crippen LogP contribution is 2.30. The summed E-state index contributed by atoms with van der Waals surface area (Å²) in [7, 11) is 0. The lowest BCUT2D eigenvalue weighted by atomic mass is 10.3. The van der Waals surface area contributed by atoms with Crippen molar-refractivity contribution in [1.82, 2.24) is 9.97 Å². The Balaban J connectivity index is 2.01. The van der Waals surface area contributed by atoms with Gasteiger partial charge in [0.2, 0.25) is 5.95 Å². The van der Waals surface area contributed by atoms with Gasteiger partial charge in [-0.1, -0.05) is 6.07 Å². The van der Waals surface area contributed by atoms with Crippen molar-refractivity contribution in [2.45, 2.75) is 20.4 Å². The first-order chi connectivity index (χ1) is 10.3. The topological polar surface area (TPSA) is 41.1 Å². The molecular formula is C15H18N4S2. The summed E-state index contributed by atoms with van der Waals surface area (Å²) in [6.45, 7) is 6.87. The third kappa shape index (κ3) is 3.01. The molecule has 3 rings (SSSR count). The molecule has 21 heavy (non-hydrogen) atoms. The van der Waals surface area contributed by atoms with Crippen LogP contribution in [0.3, 0.4) is 0 Å². The van der Waals surface area contributed by atoms with E-state index in [2.05, 4.69) is 58.0 Å². The predicted molar refractivity (Wildman–Crippen MR) is 92.6 cm³/mol. The standard InChI is InChI=1S/C15H18N4S2/c1-3-16-15-17-13(12-7-9-21-14(12)18-15)19(4-2)10-11-6-5-8-20-11/h5-9H,3-4,10H2,1-2H3,(H,16,17,18). The minimum Gasteiger partial charge on any atom is -0.354 e. The normalized spacial score (nSPS) is 11.0. The number of hydrogen-bond donors (Lipinski definition) is 1. The van der Waals surface area contributed by atoms with Crippen LogP contribution in [0.2, 0.25) is 0 Å². The van der Waals surface area contributed by atoms with Crippen LogP contribution in [-0.4, -0.2) is 23.1 Å². The van der Waals surface area contributed by atoms with Gasteiger partial charge in [-0.15, -0.1) is 22.7 Å². The van der Waals surface area contributed by atoms with Crippen molar-refractivity contribution in [2.24, 2.45) is 0 Å². The highest BCUT2D eigenvalue weighted by atomic mass is 32.1. The molecule has 0 aromatic carbocycles. The van der Waals surface area contributed by atoms with Crippen LogP contribution in [0.5, 0.6) is 0 Å². The second-order valence-electron chi connectivity index (χ2n) is 4.63. The zero-order chi connectivity index (χ0) is 14.7. The summed E-state index contributed by atoms with van der Waals surface area (Å²) in [5, 5.41) is 8.57. The molecule has 0 aliphatic heterocycles. The maximum atomic E-state index is 4.73. The Morgan fingerprint density at radius 2 is 2.05 bits per heavy atom. The van der Waals surface area contributed by atoms with Crippen LogP contribution < -0.4 is 10.2 Å². The molecule has 110 valence electrons. The Hall–Kier alpha value is -1.66. The maximum absolute atomic E-state index is 4.73. The molecule has 0 aliphatic rings. The number of rotatable bonds is 6. The fourth-order valence-corrected chi connectivity index (χ4v) is 3.72. The van der Waals surface area contributed by atoms with E-state index in [9.17, 15) is 0 Å². The Kier molecular flexibility index (Phi) is 4.36. The Morgan fingerprint density at radius 1 is 1.14 bits per heavy atom. The first kappa shape index (κ1) is 14.3. The van der Waals surface area contributed by atoms with Crippen LogP contribution in [0.1, 0.15) is 18.7 Å². The molecule has 0 aliphatic carbocycles. The molecule has 0 fully saturated rings. The van der Waals surface area contributed by atoms with Gasteiger partial charge in [-0.25, -0.2) is 4.98 Å². The van der Waals surface area contributed by atoms with Gasteiger partial charge in [0.05, 0.1) is 11.9 Å². The predicted octanol–water partition coefficient (Wildman–Crippen LogP) is 4.21. The minimum atomic E-state index is 0.715. The third-order valence-electron chi connectivity index (χ3n) is 3.25. The van der Waals surface area contributed by atoms with Gasteiger partial charge in [0.25, 0.3) is 0 Å². The maximum Gasteiger partial charge on any atom is 0.226 e. The number of anilines is 2. The first-order valence-corrected chi connectivity index (χ1v) is 8.84. The number of nitrogens with zero attached hydrogens (tertiary/aromatic N) is 3. The molecule has 0 amide bonds. The van der Waals surface area contributed by atoms with Crippen molar-refractivity contribution in [3.63, 3.8) is 0 Å². The number of hydrogen-bond acceptors (Lipinski definition) is 6. The highest BCUT2D eigenvalue weighted by Gasteiger charge is 2.15. The highest BCUT2D eigenvalue weighted by molar-refractivity contribution is 7.16. The Labute approximate surface area is 132 Å². The second-order valence-corrected chi connectivity index (χ2v) is 6.56. The smallest absolute Gasteiger partial charge is 0.226 e. The van der Waals surface area contributed by atoms with E-state index in [0.29, 0.717) is 5.95 Å². The lowest BCUT2D eigenvalue weighted by Gasteiger charge is -2.22. The number of nitrogens with one attached hydrogen (secondary N) is 1. The van der Waals surface area contributed by atoms with E-state index in [1.807, 2.05) is 0 Å². The van der Waals surface area contributed by atoms with E-state index in [1.54, 1.807) is 22.7 Å². The van der Waals surface area contributed by atoms with Crippen LogP contribution in [0, 0.1) is 0 Å². The summed E-state index contributed by atoms with van der Waals surface area (Å²) < 4.78 is 0. The Morgan fingerprint density at radius 3 is 2.76 bits per heavy atom. The summed E-state index contributed by atoms with van der Waals surface area (Å²) in [4.78, 5) is 14.0. The van der Waals surface area contributed by atoms with E-state index >= 15 is 0 Å². The van der Waals surface area contributed by atoms with E-state index in [1.165, 1.54) is 4.88 Å². The van der Waals surface area contributed by atoms with E-state index in [0.717, 1.165) is 35.7 Å². The van der Waals surface area contributed by atoms with Crippen molar-refractivity contribution in [3.05, 3.63) is 33.8 Å². The van der Waals surface area contributed by atoms with Crippen LogP contribution in [-0.2, 0) is 6.54 Å². The van der Waals surface area contributed by atoms with Gasteiger partial charge in [0.15, 0.2) is 0 Å². The third-order valence-corrected chi connectivity index (χ3v) is 4.92. The Bertz CT molecular complexity index is 706. The molecule has 3 aromatic heterocycles. The fraction of sp³-hybridized carbons (Fsp3) is 0.333. The molecule has 0 unspecified atom stereocenters. The lowest BCUT2D eigenvalue weighted by Crippen LogP contribution is -2.23. The van der Waals surface area contributed by atoms with E-state index in [4.69, 9.17) is 4.98 Å². The molecule has 0 bridgehead atoms. The van der Waals surface area contributed by atoms with Crippen molar-refractivity contribution in [1.29, 1.82) is 0 Å². The quantitative estimate of drug-likeness (QED) is 0.739. The molecule has 6 heteroatoms. The molecule has 0 atom stereocenters. The van der Waals surface area contributed by atoms with Crippen molar-refractivity contribution >= 4 is 44.7 Å². The largest absolute Gasteiger partial charge is 0.354 e. The monoisotopic (exact) mass is 318 g/mol. The van der Waals surface area contributed by atoms with Gasteiger partial charge < -0.3 is 10.2 Å². The van der Waals surface area contributed by atoms with Crippen LogP contribution in [0.4, 0.5) is 11.8 Å². The first-order valence-electron chi connectivity index (χ1n) is 7.08. The molecule has 3 heterocycles. The summed E-state index contributed by atoms with van der Waals surface area (Å²) in [5.74, 6) is 1.74.